The Kier molecular flexibility index (Phi) is 3.01. The lowest BCUT2D eigenvalue weighted by Gasteiger charge is -2.22. The van der Waals surface area contributed by atoms with Crippen molar-refractivity contribution in [1.29, 1.82) is 0 Å². The molecule has 4 heterocycles. The molecule has 30 heavy (non-hydrogen) atoms. The maximum atomic E-state index is 6.42. The lowest BCUT2D eigenvalue weighted by atomic mass is 9.94. The maximum absolute atomic E-state index is 6.42. The summed E-state index contributed by atoms with van der Waals surface area (Å²) < 4.78 is 14.5. The highest BCUT2D eigenvalue weighted by atomic mass is 32.2. The second-order valence-corrected chi connectivity index (χ2v) is 9.16. The number of aromatic nitrogens is 1. The fraction of sp³-hybridized carbons (Fsp3) is 0.115. The molecule has 0 amide bonds. The fourth-order valence-electron chi connectivity index (χ4n) is 5.07. The Morgan fingerprint density at radius 1 is 0.867 bits per heavy atom. The van der Waals surface area contributed by atoms with E-state index in [1.807, 2.05) is 17.8 Å². The Labute approximate surface area is 176 Å². The van der Waals surface area contributed by atoms with Gasteiger partial charge in [0.15, 0.2) is 6.20 Å². The molecular weight excluding hydrogens is 390 g/mol. The molecule has 0 saturated heterocycles. The lowest BCUT2D eigenvalue weighted by Crippen LogP contribution is -2.31. The van der Waals surface area contributed by atoms with Gasteiger partial charge in [-0.3, -0.25) is 0 Å². The van der Waals surface area contributed by atoms with Crippen molar-refractivity contribution in [3.05, 3.63) is 66.1 Å². The van der Waals surface area contributed by atoms with Crippen molar-refractivity contribution in [1.82, 2.24) is 0 Å². The topological polar surface area (TPSA) is 30.2 Å². The molecule has 0 unspecified atom stereocenters. The van der Waals surface area contributed by atoms with Crippen LogP contribution in [-0.4, -0.2) is 0 Å². The molecule has 144 valence electrons. The van der Waals surface area contributed by atoms with Crippen LogP contribution >= 0.6 is 11.8 Å². The van der Waals surface area contributed by atoms with Crippen LogP contribution in [0.2, 0.25) is 0 Å². The summed E-state index contributed by atoms with van der Waals surface area (Å²) in [6.45, 7) is 4.38. The van der Waals surface area contributed by atoms with Gasteiger partial charge in [0.2, 0.25) is 5.69 Å². The number of furan rings is 2. The van der Waals surface area contributed by atoms with Crippen LogP contribution in [0.25, 0.3) is 54.9 Å². The van der Waals surface area contributed by atoms with E-state index in [1.54, 1.807) is 6.26 Å². The van der Waals surface area contributed by atoms with Crippen LogP contribution in [-0.2, 0) is 7.05 Å². The SMILES string of the molecule is Cc1c2c(c(C)c3occc13)Sc1c3oc4ccccc4c3cc3cc[n+](C)c-2c13. The quantitative estimate of drug-likeness (QED) is 0.252. The second-order valence-electron chi connectivity index (χ2n) is 8.14. The van der Waals surface area contributed by atoms with E-state index in [2.05, 4.69) is 68.1 Å². The van der Waals surface area contributed by atoms with E-state index in [0.29, 0.717) is 0 Å². The number of hydrogen-bond donors (Lipinski definition) is 0. The van der Waals surface area contributed by atoms with Crippen molar-refractivity contribution in [2.45, 2.75) is 23.6 Å². The highest BCUT2D eigenvalue weighted by Gasteiger charge is 2.33. The highest BCUT2D eigenvalue weighted by molar-refractivity contribution is 8.00. The summed E-state index contributed by atoms with van der Waals surface area (Å²) in [5, 5.41) is 6.06. The molecule has 0 saturated carbocycles. The summed E-state index contributed by atoms with van der Waals surface area (Å²) in [6, 6.07) is 14.9. The first-order valence-corrected chi connectivity index (χ1v) is 10.9. The first-order valence-electron chi connectivity index (χ1n) is 10.1. The first kappa shape index (κ1) is 16.5. The van der Waals surface area contributed by atoms with Crippen molar-refractivity contribution < 1.29 is 13.4 Å². The van der Waals surface area contributed by atoms with E-state index in [0.717, 1.165) is 16.7 Å². The summed E-state index contributed by atoms with van der Waals surface area (Å²) in [7, 11) is 2.13. The molecule has 0 spiro atoms. The molecule has 0 aliphatic carbocycles. The first-order chi connectivity index (χ1) is 14.6. The molecule has 3 nitrogen and oxygen atoms in total. The number of fused-ring (bicyclic) bond motifs is 7. The van der Waals surface area contributed by atoms with E-state index < -0.39 is 0 Å². The third-order valence-electron chi connectivity index (χ3n) is 6.52. The number of rotatable bonds is 0. The standard InChI is InChI=1S/C26H18NO2S/c1-13-16-9-11-28-23(16)14(2)25-20(13)22-21-15(8-10-27(22)3)12-18-17-6-4-5-7-19(17)29-24(18)26(21)30-25/h4-12H,1-3H3/q+1. The molecule has 0 fully saturated rings. The molecule has 3 aromatic heterocycles. The van der Waals surface area contributed by atoms with Crippen LogP contribution in [0.5, 0.6) is 0 Å². The van der Waals surface area contributed by atoms with Crippen LogP contribution in [0, 0.1) is 13.8 Å². The average Bonchev–Trinajstić information content (AvgIpc) is 3.39. The molecule has 0 bridgehead atoms. The molecule has 1 aliphatic heterocycles. The Morgan fingerprint density at radius 3 is 2.63 bits per heavy atom. The van der Waals surface area contributed by atoms with Crippen molar-refractivity contribution >= 4 is 55.4 Å². The lowest BCUT2D eigenvalue weighted by molar-refractivity contribution is -0.659. The van der Waals surface area contributed by atoms with Gasteiger partial charge >= 0.3 is 0 Å². The molecule has 6 aromatic rings. The zero-order valence-electron chi connectivity index (χ0n) is 16.9. The minimum Gasteiger partial charge on any atom is -0.464 e. The number of pyridine rings is 1. The van der Waals surface area contributed by atoms with E-state index in [-0.39, 0.29) is 0 Å². The van der Waals surface area contributed by atoms with Gasteiger partial charge in [-0.15, -0.1) is 0 Å². The van der Waals surface area contributed by atoms with E-state index >= 15 is 0 Å². The van der Waals surface area contributed by atoms with Gasteiger partial charge in [0.25, 0.3) is 0 Å². The fourth-order valence-corrected chi connectivity index (χ4v) is 6.44. The molecule has 0 N–H and O–H groups in total. The van der Waals surface area contributed by atoms with Crippen LogP contribution in [0.4, 0.5) is 0 Å². The molecular formula is C26H18NO2S+. The van der Waals surface area contributed by atoms with Gasteiger partial charge in [-0.05, 0) is 43.0 Å². The number of aryl methyl sites for hydroxylation is 3. The Bertz CT molecular complexity index is 1700. The Morgan fingerprint density at radius 2 is 1.73 bits per heavy atom. The van der Waals surface area contributed by atoms with E-state index in [1.165, 1.54) is 59.1 Å². The van der Waals surface area contributed by atoms with Crippen molar-refractivity contribution in [3.63, 3.8) is 0 Å². The third-order valence-corrected chi connectivity index (χ3v) is 7.82. The molecule has 1 aliphatic rings. The number of benzene rings is 3. The van der Waals surface area contributed by atoms with Crippen molar-refractivity contribution in [3.8, 4) is 11.3 Å². The van der Waals surface area contributed by atoms with Gasteiger partial charge in [-0.2, -0.15) is 0 Å². The third kappa shape index (κ3) is 1.86. The highest BCUT2D eigenvalue weighted by Crippen LogP contribution is 2.54. The summed E-state index contributed by atoms with van der Waals surface area (Å²) in [5.74, 6) is 0. The summed E-state index contributed by atoms with van der Waals surface area (Å²) >= 11 is 1.82. The minimum absolute atomic E-state index is 0.936. The number of hydrogen-bond acceptors (Lipinski definition) is 3. The molecule has 3 aromatic carbocycles. The summed E-state index contributed by atoms with van der Waals surface area (Å²) in [4.78, 5) is 2.46. The van der Waals surface area contributed by atoms with E-state index in [9.17, 15) is 0 Å². The van der Waals surface area contributed by atoms with Crippen LogP contribution in [0.1, 0.15) is 11.1 Å². The monoisotopic (exact) mass is 408 g/mol. The van der Waals surface area contributed by atoms with Gasteiger partial charge in [0.05, 0.1) is 22.1 Å². The van der Waals surface area contributed by atoms with Gasteiger partial charge < -0.3 is 8.83 Å². The zero-order chi connectivity index (χ0) is 20.1. The van der Waals surface area contributed by atoms with Crippen LogP contribution < -0.4 is 4.57 Å². The molecule has 7 rings (SSSR count). The summed E-state index contributed by atoms with van der Waals surface area (Å²) in [5.41, 5.74) is 7.91. The van der Waals surface area contributed by atoms with E-state index in [4.69, 9.17) is 8.83 Å². The smallest absolute Gasteiger partial charge is 0.222 e. The Balaban J connectivity index is 1.75. The van der Waals surface area contributed by atoms with Gasteiger partial charge in [0.1, 0.15) is 23.8 Å². The predicted octanol–water partition coefficient (Wildman–Crippen LogP) is 7.06. The minimum atomic E-state index is 0.936. The van der Waals surface area contributed by atoms with Crippen molar-refractivity contribution in [2.75, 3.05) is 0 Å². The number of nitrogens with zero attached hydrogens (tertiary/aromatic N) is 1. The van der Waals surface area contributed by atoms with Gasteiger partial charge in [0, 0.05) is 32.7 Å². The molecule has 0 radical (unpaired) electrons. The average molecular weight is 409 g/mol. The van der Waals surface area contributed by atoms with Gasteiger partial charge in [-0.25, -0.2) is 4.57 Å². The molecule has 4 heteroatoms. The molecule has 0 atom stereocenters. The van der Waals surface area contributed by atoms with Crippen LogP contribution in [0.3, 0.4) is 0 Å². The second kappa shape index (κ2) is 5.46. The van der Waals surface area contributed by atoms with Gasteiger partial charge in [-0.1, -0.05) is 30.0 Å². The number of para-hydroxylation sites is 1. The summed E-state index contributed by atoms with van der Waals surface area (Å²) in [6.07, 6.45) is 3.97. The van der Waals surface area contributed by atoms with Crippen molar-refractivity contribution in [2.24, 2.45) is 7.05 Å². The largest absolute Gasteiger partial charge is 0.464 e. The maximum Gasteiger partial charge on any atom is 0.222 e. The van der Waals surface area contributed by atoms with Crippen LogP contribution in [0.15, 0.2) is 73.5 Å². The zero-order valence-corrected chi connectivity index (χ0v) is 17.7. The Hall–Kier alpha value is -3.24. The normalized spacial score (nSPS) is 13.0. The predicted molar refractivity (Wildman–Crippen MR) is 121 cm³/mol.